The molecule has 1 N–H and O–H groups in total. The number of hydrogen-bond donors (Lipinski definition) is 1. The molecule has 0 rings (SSSR count). The van der Waals surface area contributed by atoms with E-state index in [9.17, 15) is 19.0 Å². The average molecular weight is 1060 g/mol. The first-order valence-electron chi connectivity index (χ1n) is 28.9. The molecule has 0 saturated carbocycles. The average Bonchev–Trinajstić information content (AvgIpc) is 3.37. The van der Waals surface area contributed by atoms with Crippen LogP contribution in [0.1, 0.15) is 188 Å². The first kappa shape index (κ1) is 70.6. The van der Waals surface area contributed by atoms with E-state index in [1.54, 1.807) is 6.08 Å². The van der Waals surface area contributed by atoms with Gasteiger partial charge in [-0.1, -0.05) is 230 Å². The van der Waals surface area contributed by atoms with Crippen LogP contribution in [0.25, 0.3) is 0 Å². The molecule has 75 heavy (non-hydrogen) atoms. The van der Waals surface area contributed by atoms with Gasteiger partial charge in [-0.2, -0.15) is 0 Å². The number of nitrogens with zero attached hydrogens (tertiary/aromatic N) is 1. The van der Waals surface area contributed by atoms with Crippen LogP contribution >= 0.6 is 7.82 Å². The molecule has 422 valence electrons. The van der Waals surface area contributed by atoms with E-state index in [4.69, 9.17) is 13.8 Å². The number of quaternary nitrogens is 1. The van der Waals surface area contributed by atoms with E-state index in [2.05, 4.69) is 111 Å². The van der Waals surface area contributed by atoms with Gasteiger partial charge in [-0.25, -0.2) is 0 Å². The Bertz CT molecular complexity index is 1840. The highest BCUT2D eigenvalue weighted by molar-refractivity contribution is 7.45. The summed E-state index contributed by atoms with van der Waals surface area (Å²) < 4.78 is 30.1. The second kappa shape index (κ2) is 53.0. The minimum atomic E-state index is -4.73. The first-order valence-corrected chi connectivity index (χ1v) is 30.3. The third kappa shape index (κ3) is 54.2. The van der Waals surface area contributed by atoms with Crippen LogP contribution in [0.2, 0.25) is 0 Å². The van der Waals surface area contributed by atoms with E-state index >= 15 is 0 Å². The van der Waals surface area contributed by atoms with Crippen molar-refractivity contribution < 1.29 is 37.3 Å². The van der Waals surface area contributed by atoms with Crippen molar-refractivity contribution in [1.29, 1.82) is 0 Å². The third-order valence-corrected chi connectivity index (χ3v) is 12.6. The Labute approximate surface area is 459 Å². The Morgan fingerprint density at radius 3 is 1.45 bits per heavy atom. The lowest BCUT2D eigenvalue weighted by molar-refractivity contribution is -0.870. The number of nitrogens with one attached hydrogen (secondary N) is 1. The predicted octanol–water partition coefficient (Wildman–Crippen LogP) is 17.0. The quantitative estimate of drug-likeness (QED) is 0.0161. The Kier molecular flexibility index (Phi) is 50.0. The van der Waals surface area contributed by atoms with Crippen LogP contribution in [0, 0.1) is 0 Å². The molecule has 0 heterocycles. The standard InChI is InChI=1S/C65H105N2O7P/c1-7-10-13-16-19-22-25-27-29-31-32-33-34-36-38-40-43-46-49-52-55-58-65(69)74-63(56-53-50-47-44-41-24-21-18-15-12-9-3)62(61-73-75(70,71)72-60-59-67(4,5)6)66-64(68)57-54-51-48-45-42-39-37-35-30-28-26-23-20-17-14-11-8-2/h10-11,13-14,17,19-20,22-23,26-30,32-33,35-39,42-43,46,53,56,62-63H,7-9,12,15-16,18,21,24-25,31,34,40-41,44-45,47-52,54-55,57-61H2,1-6H3,(H-,66,68,70,71)/b13-10-,14-11-,20-17+,22-19-,26-23+,29-27-,30-28-,33-32-,37-35+,38-36-,42-39+,46-43-,56-53+. The number of likely N-dealkylation sites (N-methyl/N-ethyl adjacent to an activating group) is 1. The van der Waals surface area contributed by atoms with Crippen molar-refractivity contribution in [3.8, 4) is 0 Å². The van der Waals surface area contributed by atoms with Crippen LogP contribution in [0.15, 0.2) is 158 Å². The molecular weight excluding hydrogens is 952 g/mol. The second-order valence-electron chi connectivity index (χ2n) is 19.8. The highest BCUT2D eigenvalue weighted by Crippen LogP contribution is 2.38. The van der Waals surface area contributed by atoms with Gasteiger partial charge in [0.25, 0.3) is 7.82 Å². The maximum atomic E-state index is 13.5. The Hall–Kier alpha value is -4.37. The van der Waals surface area contributed by atoms with Crippen LogP contribution in [0.3, 0.4) is 0 Å². The van der Waals surface area contributed by atoms with Gasteiger partial charge in [0.15, 0.2) is 0 Å². The lowest BCUT2D eigenvalue weighted by atomic mass is 10.1. The Balaban J connectivity index is 5.48. The molecule has 3 unspecified atom stereocenters. The van der Waals surface area contributed by atoms with Gasteiger partial charge >= 0.3 is 5.97 Å². The van der Waals surface area contributed by atoms with E-state index in [0.717, 1.165) is 96.3 Å². The highest BCUT2D eigenvalue weighted by atomic mass is 31.2. The molecule has 1 amide bonds. The molecule has 9 nitrogen and oxygen atoms in total. The molecule has 0 spiro atoms. The number of esters is 1. The molecule has 0 bridgehead atoms. The fourth-order valence-corrected chi connectivity index (χ4v) is 7.92. The summed E-state index contributed by atoms with van der Waals surface area (Å²) in [5.74, 6) is -0.661. The van der Waals surface area contributed by atoms with Crippen molar-refractivity contribution in [1.82, 2.24) is 5.32 Å². The van der Waals surface area contributed by atoms with Gasteiger partial charge < -0.3 is 28.5 Å². The summed E-state index contributed by atoms with van der Waals surface area (Å²) in [5.41, 5.74) is 0. The Morgan fingerprint density at radius 1 is 0.493 bits per heavy atom. The van der Waals surface area contributed by atoms with E-state index < -0.39 is 32.5 Å². The number of hydrogen-bond acceptors (Lipinski definition) is 7. The zero-order valence-electron chi connectivity index (χ0n) is 47.9. The number of unbranched alkanes of at least 4 members (excludes halogenated alkanes) is 14. The molecule has 0 aromatic rings. The van der Waals surface area contributed by atoms with E-state index in [-0.39, 0.29) is 25.4 Å². The van der Waals surface area contributed by atoms with Crippen molar-refractivity contribution in [2.75, 3.05) is 40.9 Å². The normalized spacial score (nSPS) is 14.9. The third-order valence-electron chi connectivity index (χ3n) is 11.6. The van der Waals surface area contributed by atoms with Gasteiger partial charge in [0, 0.05) is 12.8 Å². The molecule has 0 aromatic heterocycles. The van der Waals surface area contributed by atoms with Gasteiger partial charge in [0.05, 0.1) is 33.8 Å². The molecule has 0 aliphatic carbocycles. The number of amides is 1. The lowest BCUT2D eigenvalue weighted by Crippen LogP contribution is -2.47. The summed E-state index contributed by atoms with van der Waals surface area (Å²) in [7, 11) is 1.10. The molecule has 0 radical (unpaired) electrons. The maximum absolute atomic E-state index is 13.5. The fourth-order valence-electron chi connectivity index (χ4n) is 7.20. The molecule has 10 heteroatoms. The number of phosphoric acid groups is 1. The highest BCUT2D eigenvalue weighted by Gasteiger charge is 2.27. The van der Waals surface area contributed by atoms with Crippen LogP contribution in [-0.2, 0) is 27.9 Å². The van der Waals surface area contributed by atoms with Crippen molar-refractivity contribution >= 4 is 19.7 Å². The van der Waals surface area contributed by atoms with Crippen LogP contribution in [0.4, 0.5) is 0 Å². The van der Waals surface area contributed by atoms with Crippen molar-refractivity contribution in [3.05, 3.63) is 158 Å². The first-order chi connectivity index (χ1) is 36.4. The second-order valence-corrected chi connectivity index (χ2v) is 21.2. The smallest absolute Gasteiger partial charge is 0.306 e. The summed E-state index contributed by atoms with van der Waals surface area (Å²) in [4.78, 5) is 39.9. The molecular formula is C65H105N2O7P. The van der Waals surface area contributed by atoms with E-state index in [0.29, 0.717) is 23.9 Å². The molecule has 0 aliphatic rings. The fraction of sp³-hybridized carbons (Fsp3) is 0.569. The number of phosphoric ester groups is 1. The van der Waals surface area contributed by atoms with Gasteiger partial charge in [-0.15, -0.1) is 0 Å². The summed E-state index contributed by atoms with van der Waals surface area (Å²) >= 11 is 0. The van der Waals surface area contributed by atoms with Crippen molar-refractivity contribution in [3.63, 3.8) is 0 Å². The van der Waals surface area contributed by atoms with E-state index in [1.165, 1.54) is 44.9 Å². The summed E-state index contributed by atoms with van der Waals surface area (Å²) in [5, 5.41) is 2.97. The molecule has 0 saturated heterocycles. The monoisotopic (exact) mass is 1060 g/mol. The summed E-state index contributed by atoms with van der Waals surface area (Å²) in [6.45, 7) is 6.47. The minimum absolute atomic E-state index is 0.0489. The van der Waals surface area contributed by atoms with Gasteiger partial charge in [0.2, 0.25) is 5.91 Å². The van der Waals surface area contributed by atoms with Gasteiger partial charge in [0.1, 0.15) is 19.3 Å². The molecule has 3 atom stereocenters. The number of carbonyl (C=O) groups excluding carboxylic acids is 2. The van der Waals surface area contributed by atoms with Gasteiger partial charge in [-0.3, -0.25) is 14.2 Å². The minimum Gasteiger partial charge on any atom is -0.756 e. The molecule has 0 aliphatic heterocycles. The van der Waals surface area contributed by atoms with Crippen molar-refractivity contribution in [2.45, 2.75) is 200 Å². The van der Waals surface area contributed by atoms with E-state index in [1.807, 2.05) is 88.0 Å². The van der Waals surface area contributed by atoms with Crippen LogP contribution in [-0.4, -0.2) is 69.4 Å². The SMILES string of the molecule is CC\C=C/C=C/C=C/C=C\C=C\C=C\CCCCCC(=O)NC(COP(=O)([O-])OCC[N+](C)(C)C)C(/C=C/CCCCCCCCCCC)OC(=O)CCCC/C=C\C/C=C\C/C=C\C/C=C\C/C=C\C/C=C\CC. The molecule has 0 aromatic carbocycles. The lowest BCUT2D eigenvalue weighted by Gasteiger charge is -2.30. The maximum Gasteiger partial charge on any atom is 0.306 e. The van der Waals surface area contributed by atoms with Crippen LogP contribution in [0.5, 0.6) is 0 Å². The topological polar surface area (TPSA) is 114 Å². The zero-order valence-corrected chi connectivity index (χ0v) is 48.8. The number of rotatable bonds is 49. The summed E-state index contributed by atoms with van der Waals surface area (Å²) in [6.07, 6.45) is 77.9. The number of ether oxygens (including phenoxy) is 1. The largest absolute Gasteiger partial charge is 0.756 e. The zero-order chi connectivity index (χ0) is 55.0. The number of carbonyl (C=O) groups is 2. The van der Waals surface area contributed by atoms with Gasteiger partial charge in [-0.05, 0) is 102 Å². The van der Waals surface area contributed by atoms with Crippen molar-refractivity contribution in [2.24, 2.45) is 0 Å². The number of allylic oxidation sites excluding steroid dienone is 25. The summed E-state index contributed by atoms with van der Waals surface area (Å²) in [6, 6.07) is -0.942. The predicted molar refractivity (Wildman–Crippen MR) is 320 cm³/mol. The Morgan fingerprint density at radius 2 is 0.920 bits per heavy atom. The molecule has 0 fully saturated rings. The van der Waals surface area contributed by atoms with Crippen LogP contribution < -0.4 is 10.2 Å².